The van der Waals surface area contributed by atoms with E-state index in [2.05, 4.69) is 4.99 Å². The molecule has 0 saturated carbocycles. The SMILES string of the molecule is COc1ccc(F)cc1COC(=O)c1ccccc1CSC1=NCCS1. The van der Waals surface area contributed by atoms with E-state index in [9.17, 15) is 9.18 Å². The number of carbonyl (C=O) groups excluding carboxylic acids is 1. The summed E-state index contributed by atoms with van der Waals surface area (Å²) in [7, 11) is 1.49. The predicted octanol–water partition coefficient (Wildman–Crippen LogP) is 4.53. The smallest absolute Gasteiger partial charge is 0.338 e. The van der Waals surface area contributed by atoms with E-state index in [0.717, 1.165) is 22.2 Å². The highest BCUT2D eigenvalue weighted by Crippen LogP contribution is 2.27. The van der Waals surface area contributed by atoms with Crippen molar-refractivity contribution in [3.05, 3.63) is 65.0 Å². The second kappa shape index (κ2) is 9.09. The second-order valence-corrected chi connectivity index (χ2v) is 7.78. The number of rotatable bonds is 6. The topological polar surface area (TPSA) is 47.9 Å². The van der Waals surface area contributed by atoms with Crippen LogP contribution in [0.15, 0.2) is 47.5 Å². The third-order valence-electron chi connectivity index (χ3n) is 3.75. The van der Waals surface area contributed by atoms with Crippen LogP contribution in [0.4, 0.5) is 4.39 Å². The Morgan fingerprint density at radius 3 is 2.88 bits per heavy atom. The first-order valence-corrected chi connectivity index (χ1v) is 10.0. The number of halogens is 1. The first-order valence-electron chi connectivity index (χ1n) is 8.05. The molecule has 0 aliphatic carbocycles. The van der Waals surface area contributed by atoms with E-state index in [4.69, 9.17) is 9.47 Å². The van der Waals surface area contributed by atoms with Crippen LogP contribution in [0, 0.1) is 5.82 Å². The summed E-state index contributed by atoms with van der Waals surface area (Å²) in [5.74, 6) is 1.32. The van der Waals surface area contributed by atoms with Crippen molar-refractivity contribution in [3.8, 4) is 5.75 Å². The van der Waals surface area contributed by atoms with Crippen molar-refractivity contribution in [1.29, 1.82) is 0 Å². The zero-order valence-electron chi connectivity index (χ0n) is 14.2. The Labute approximate surface area is 160 Å². The number of carbonyl (C=O) groups is 1. The van der Waals surface area contributed by atoms with Gasteiger partial charge in [0, 0.05) is 17.1 Å². The van der Waals surface area contributed by atoms with Gasteiger partial charge in [0.05, 0.1) is 19.2 Å². The molecule has 0 N–H and O–H groups in total. The molecule has 2 aromatic carbocycles. The Morgan fingerprint density at radius 1 is 1.27 bits per heavy atom. The molecule has 1 heterocycles. The minimum Gasteiger partial charge on any atom is -0.496 e. The maximum atomic E-state index is 13.4. The van der Waals surface area contributed by atoms with Gasteiger partial charge in [-0.25, -0.2) is 9.18 Å². The summed E-state index contributed by atoms with van der Waals surface area (Å²) in [6.07, 6.45) is 0. The van der Waals surface area contributed by atoms with Gasteiger partial charge in [-0.2, -0.15) is 0 Å². The number of hydrogen-bond donors (Lipinski definition) is 0. The lowest BCUT2D eigenvalue weighted by atomic mass is 10.1. The summed E-state index contributed by atoms with van der Waals surface area (Å²) in [5.41, 5.74) is 1.90. The third-order valence-corrected chi connectivity index (χ3v) is 6.05. The lowest BCUT2D eigenvalue weighted by Gasteiger charge is -2.11. The van der Waals surface area contributed by atoms with Crippen molar-refractivity contribution in [2.45, 2.75) is 12.4 Å². The molecule has 0 radical (unpaired) electrons. The molecule has 4 nitrogen and oxygen atoms in total. The first kappa shape index (κ1) is 18.8. The van der Waals surface area contributed by atoms with Gasteiger partial charge in [-0.15, -0.1) is 0 Å². The van der Waals surface area contributed by atoms with Crippen molar-refractivity contribution < 1.29 is 18.7 Å². The molecule has 3 rings (SSSR count). The maximum Gasteiger partial charge on any atom is 0.338 e. The van der Waals surface area contributed by atoms with E-state index in [0.29, 0.717) is 22.6 Å². The number of esters is 1. The van der Waals surface area contributed by atoms with Crippen LogP contribution in [0.1, 0.15) is 21.5 Å². The largest absolute Gasteiger partial charge is 0.496 e. The normalized spacial score (nSPS) is 13.4. The van der Waals surface area contributed by atoms with Crippen LogP contribution < -0.4 is 4.74 Å². The molecule has 0 aromatic heterocycles. The van der Waals surface area contributed by atoms with Gasteiger partial charge in [0.15, 0.2) is 0 Å². The molecule has 0 spiro atoms. The van der Waals surface area contributed by atoms with Crippen LogP contribution in [-0.2, 0) is 17.1 Å². The van der Waals surface area contributed by atoms with Crippen molar-refractivity contribution in [2.75, 3.05) is 19.4 Å². The molecule has 1 aliphatic heterocycles. The number of methoxy groups -OCH3 is 1. The van der Waals surface area contributed by atoms with E-state index in [-0.39, 0.29) is 6.61 Å². The van der Waals surface area contributed by atoms with Gasteiger partial charge in [0.2, 0.25) is 0 Å². The van der Waals surface area contributed by atoms with Crippen LogP contribution in [0.25, 0.3) is 0 Å². The Morgan fingerprint density at radius 2 is 2.12 bits per heavy atom. The van der Waals surface area contributed by atoms with Crippen LogP contribution in [-0.4, -0.2) is 29.8 Å². The van der Waals surface area contributed by atoms with Gasteiger partial charge in [-0.3, -0.25) is 4.99 Å². The van der Waals surface area contributed by atoms with Gasteiger partial charge in [0.1, 0.15) is 22.5 Å². The number of hydrogen-bond acceptors (Lipinski definition) is 6. The highest BCUT2D eigenvalue weighted by molar-refractivity contribution is 8.38. The third kappa shape index (κ3) is 4.80. The summed E-state index contributed by atoms with van der Waals surface area (Å²) in [4.78, 5) is 16.9. The lowest BCUT2D eigenvalue weighted by molar-refractivity contribution is 0.0469. The number of benzene rings is 2. The van der Waals surface area contributed by atoms with Crippen LogP contribution in [0.5, 0.6) is 5.75 Å². The quantitative estimate of drug-likeness (QED) is 0.677. The molecule has 0 amide bonds. The summed E-state index contributed by atoms with van der Waals surface area (Å²) < 4.78 is 25.1. The van der Waals surface area contributed by atoms with E-state index in [1.807, 2.05) is 12.1 Å². The standard InChI is InChI=1S/C19H18FNO3S2/c1-23-17-7-6-15(20)10-14(17)11-24-18(22)16-5-3-2-4-13(16)12-26-19-21-8-9-25-19/h2-7,10H,8-9,11-12H2,1H3. The molecule has 0 fully saturated rings. The predicted molar refractivity (Wildman–Crippen MR) is 105 cm³/mol. The van der Waals surface area contributed by atoms with Crippen LogP contribution >= 0.6 is 23.5 Å². The van der Waals surface area contributed by atoms with Crippen molar-refractivity contribution in [2.24, 2.45) is 4.99 Å². The fourth-order valence-corrected chi connectivity index (χ4v) is 4.48. The highest BCUT2D eigenvalue weighted by Gasteiger charge is 2.16. The van der Waals surface area contributed by atoms with Crippen LogP contribution in [0.3, 0.4) is 0 Å². The molecule has 0 saturated heterocycles. The van der Waals surface area contributed by atoms with Crippen LogP contribution in [0.2, 0.25) is 0 Å². The Balaban J connectivity index is 1.67. The number of aliphatic imine (C=N–C) groups is 1. The van der Waals surface area contributed by atoms with Crippen molar-refractivity contribution >= 4 is 33.9 Å². The highest BCUT2D eigenvalue weighted by atomic mass is 32.2. The molecule has 26 heavy (non-hydrogen) atoms. The number of nitrogens with zero attached hydrogens (tertiary/aromatic N) is 1. The van der Waals surface area contributed by atoms with Gasteiger partial charge in [0.25, 0.3) is 0 Å². The molecular formula is C19H18FNO3S2. The van der Waals surface area contributed by atoms with E-state index in [1.54, 1.807) is 35.7 Å². The first-order chi connectivity index (χ1) is 12.7. The maximum absolute atomic E-state index is 13.4. The molecule has 0 atom stereocenters. The van der Waals surface area contributed by atoms with Gasteiger partial charge in [-0.1, -0.05) is 41.7 Å². The average molecular weight is 391 g/mol. The average Bonchev–Trinajstić information content (AvgIpc) is 3.18. The summed E-state index contributed by atoms with van der Waals surface area (Å²) in [6.45, 7) is 0.802. The van der Waals surface area contributed by atoms with E-state index in [1.165, 1.54) is 25.3 Å². The minimum absolute atomic E-state index is 0.0518. The summed E-state index contributed by atoms with van der Waals surface area (Å²) >= 11 is 3.36. The Hall–Kier alpha value is -1.99. The van der Waals surface area contributed by atoms with E-state index >= 15 is 0 Å². The lowest BCUT2D eigenvalue weighted by Crippen LogP contribution is -2.09. The fraction of sp³-hybridized carbons (Fsp3) is 0.263. The monoisotopic (exact) mass is 391 g/mol. The minimum atomic E-state index is -0.437. The summed E-state index contributed by atoms with van der Waals surface area (Å²) in [6, 6.07) is 11.5. The number of thioether (sulfide) groups is 2. The van der Waals surface area contributed by atoms with Crippen molar-refractivity contribution in [1.82, 2.24) is 0 Å². The molecule has 7 heteroatoms. The van der Waals surface area contributed by atoms with Crippen molar-refractivity contribution in [3.63, 3.8) is 0 Å². The molecule has 1 aliphatic rings. The Kier molecular flexibility index (Phi) is 6.57. The van der Waals surface area contributed by atoms with Gasteiger partial charge < -0.3 is 9.47 Å². The molecular weight excluding hydrogens is 373 g/mol. The second-order valence-electron chi connectivity index (χ2n) is 5.47. The van der Waals surface area contributed by atoms with Gasteiger partial charge >= 0.3 is 5.97 Å². The summed E-state index contributed by atoms with van der Waals surface area (Å²) in [5, 5.41) is 0. The fourth-order valence-electron chi connectivity index (χ4n) is 2.47. The Bertz CT molecular complexity index is 826. The zero-order valence-corrected chi connectivity index (χ0v) is 15.9. The van der Waals surface area contributed by atoms with Gasteiger partial charge in [-0.05, 0) is 29.8 Å². The molecule has 0 bridgehead atoms. The zero-order chi connectivity index (χ0) is 18.4. The van der Waals surface area contributed by atoms with E-state index < -0.39 is 11.8 Å². The number of ether oxygens (including phenoxy) is 2. The molecule has 136 valence electrons. The molecule has 2 aromatic rings. The molecule has 0 unspecified atom stereocenters.